The number of methoxy groups -OCH3 is 1. The van der Waals surface area contributed by atoms with Crippen LogP contribution < -0.4 is 0 Å². The Hall–Kier alpha value is -0.610. The number of esters is 1. The molecule has 1 aliphatic heterocycles. The summed E-state index contributed by atoms with van der Waals surface area (Å²) in [5.41, 5.74) is 0. The van der Waals surface area contributed by atoms with Gasteiger partial charge in [-0.15, -0.1) is 0 Å². The van der Waals surface area contributed by atoms with Crippen molar-refractivity contribution in [2.75, 3.05) is 20.3 Å². The number of ether oxygens (including phenoxy) is 3. The van der Waals surface area contributed by atoms with Gasteiger partial charge < -0.3 is 14.2 Å². The van der Waals surface area contributed by atoms with Gasteiger partial charge in [-0.2, -0.15) is 0 Å². The van der Waals surface area contributed by atoms with Gasteiger partial charge in [-0.05, 0) is 32.1 Å². The van der Waals surface area contributed by atoms with Crippen LogP contribution in [0.5, 0.6) is 0 Å². The molecule has 0 spiro atoms. The first kappa shape index (κ1) is 15.4. The third kappa shape index (κ3) is 7.67. The topological polar surface area (TPSA) is 44.8 Å². The molecule has 0 aromatic heterocycles. The molecule has 106 valence electrons. The standard InChI is InChI=1S/C14H26O4/c1-16-13(15)9-5-3-2-4-7-11-17-14-10-6-8-12-18-14/h14H,2-12H2,1H3. The molecule has 1 saturated heterocycles. The third-order valence-corrected chi connectivity index (χ3v) is 3.19. The summed E-state index contributed by atoms with van der Waals surface area (Å²) in [5.74, 6) is -0.104. The molecule has 1 unspecified atom stereocenters. The molecule has 1 heterocycles. The highest BCUT2D eigenvalue weighted by Gasteiger charge is 2.13. The lowest BCUT2D eigenvalue weighted by Crippen LogP contribution is -2.22. The van der Waals surface area contributed by atoms with E-state index in [0.717, 1.165) is 51.7 Å². The minimum Gasteiger partial charge on any atom is -0.469 e. The Kier molecular flexibility index (Phi) is 8.86. The van der Waals surface area contributed by atoms with Crippen LogP contribution in [0.25, 0.3) is 0 Å². The van der Waals surface area contributed by atoms with Crippen molar-refractivity contribution in [3.05, 3.63) is 0 Å². The van der Waals surface area contributed by atoms with Crippen LogP contribution in [0.1, 0.15) is 57.8 Å². The number of carbonyl (C=O) groups is 1. The third-order valence-electron chi connectivity index (χ3n) is 3.19. The van der Waals surface area contributed by atoms with E-state index >= 15 is 0 Å². The molecule has 0 aromatic carbocycles. The summed E-state index contributed by atoms with van der Waals surface area (Å²) in [6, 6.07) is 0. The van der Waals surface area contributed by atoms with E-state index in [0.29, 0.717) is 6.42 Å². The van der Waals surface area contributed by atoms with Crippen LogP contribution in [0.15, 0.2) is 0 Å². The second kappa shape index (κ2) is 10.3. The monoisotopic (exact) mass is 258 g/mol. The first-order valence-electron chi connectivity index (χ1n) is 7.13. The molecule has 4 nitrogen and oxygen atoms in total. The predicted octanol–water partition coefficient (Wildman–Crippen LogP) is 3.04. The van der Waals surface area contributed by atoms with E-state index in [4.69, 9.17) is 9.47 Å². The molecule has 4 heteroatoms. The molecule has 0 N–H and O–H groups in total. The lowest BCUT2D eigenvalue weighted by Gasteiger charge is -2.22. The quantitative estimate of drug-likeness (QED) is 0.471. The minimum absolute atomic E-state index is 0.0399. The lowest BCUT2D eigenvalue weighted by atomic mass is 10.1. The molecular formula is C14H26O4. The van der Waals surface area contributed by atoms with Gasteiger partial charge in [0.15, 0.2) is 6.29 Å². The number of carbonyl (C=O) groups excluding carboxylic acids is 1. The van der Waals surface area contributed by atoms with Gasteiger partial charge in [0.25, 0.3) is 0 Å². The molecule has 1 atom stereocenters. The predicted molar refractivity (Wildman–Crippen MR) is 69.3 cm³/mol. The second-order valence-corrected chi connectivity index (χ2v) is 4.76. The van der Waals surface area contributed by atoms with Crippen LogP contribution in [0, 0.1) is 0 Å². The number of hydrogen-bond donors (Lipinski definition) is 0. The zero-order valence-electron chi connectivity index (χ0n) is 11.5. The molecule has 1 rings (SSSR count). The summed E-state index contributed by atoms with van der Waals surface area (Å²) in [5, 5.41) is 0. The summed E-state index contributed by atoms with van der Waals surface area (Å²) in [4.78, 5) is 10.9. The average Bonchev–Trinajstić information content (AvgIpc) is 2.42. The SMILES string of the molecule is COC(=O)CCCCCCCOC1CCCCO1. The van der Waals surface area contributed by atoms with Crippen LogP contribution in [-0.2, 0) is 19.0 Å². The lowest BCUT2D eigenvalue weighted by molar-refractivity contribution is -0.162. The Balaban J connectivity index is 1.79. The first-order valence-corrected chi connectivity index (χ1v) is 7.13. The van der Waals surface area contributed by atoms with Crippen LogP contribution >= 0.6 is 0 Å². The zero-order chi connectivity index (χ0) is 13.1. The van der Waals surface area contributed by atoms with Crippen molar-refractivity contribution in [3.8, 4) is 0 Å². The zero-order valence-corrected chi connectivity index (χ0v) is 11.5. The summed E-state index contributed by atoms with van der Waals surface area (Å²) in [7, 11) is 1.44. The maximum atomic E-state index is 10.9. The van der Waals surface area contributed by atoms with Gasteiger partial charge in [-0.1, -0.05) is 19.3 Å². The summed E-state index contributed by atoms with van der Waals surface area (Å²) in [6.07, 6.45) is 9.44. The highest BCUT2D eigenvalue weighted by atomic mass is 16.7. The van der Waals surface area contributed by atoms with Crippen LogP contribution in [0.2, 0.25) is 0 Å². The maximum Gasteiger partial charge on any atom is 0.305 e. The van der Waals surface area contributed by atoms with E-state index in [9.17, 15) is 4.79 Å². The van der Waals surface area contributed by atoms with Gasteiger partial charge >= 0.3 is 5.97 Å². The molecule has 0 amide bonds. The number of unbranched alkanes of at least 4 members (excludes halogenated alkanes) is 4. The summed E-state index contributed by atoms with van der Waals surface area (Å²) < 4.78 is 15.7. The van der Waals surface area contributed by atoms with Gasteiger partial charge in [0.2, 0.25) is 0 Å². The van der Waals surface area contributed by atoms with Crippen molar-refractivity contribution in [1.82, 2.24) is 0 Å². The molecule has 0 aliphatic carbocycles. The van der Waals surface area contributed by atoms with Crippen LogP contribution in [-0.4, -0.2) is 32.6 Å². The molecule has 0 aromatic rings. The maximum absolute atomic E-state index is 10.9. The Morgan fingerprint density at radius 2 is 1.94 bits per heavy atom. The fraction of sp³-hybridized carbons (Fsp3) is 0.929. The van der Waals surface area contributed by atoms with Crippen molar-refractivity contribution in [2.24, 2.45) is 0 Å². The molecule has 1 fully saturated rings. The molecule has 0 bridgehead atoms. The van der Waals surface area contributed by atoms with Crippen molar-refractivity contribution in [2.45, 2.75) is 64.1 Å². The van der Waals surface area contributed by atoms with Crippen molar-refractivity contribution in [1.29, 1.82) is 0 Å². The Morgan fingerprint density at radius 1 is 1.17 bits per heavy atom. The molecule has 18 heavy (non-hydrogen) atoms. The second-order valence-electron chi connectivity index (χ2n) is 4.76. The van der Waals surface area contributed by atoms with Crippen molar-refractivity contribution in [3.63, 3.8) is 0 Å². The smallest absolute Gasteiger partial charge is 0.305 e. The minimum atomic E-state index is -0.104. The van der Waals surface area contributed by atoms with Gasteiger partial charge in [0.1, 0.15) is 0 Å². The van der Waals surface area contributed by atoms with E-state index in [1.54, 1.807) is 0 Å². The fourth-order valence-corrected chi connectivity index (χ4v) is 2.06. The Labute approximate surface area is 110 Å². The van der Waals surface area contributed by atoms with Gasteiger partial charge in [-0.3, -0.25) is 4.79 Å². The van der Waals surface area contributed by atoms with Gasteiger partial charge in [-0.25, -0.2) is 0 Å². The van der Waals surface area contributed by atoms with Gasteiger partial charge in [0.05, 0.1) is 7.11 Å². The largest absolute Gasteiger partial charge is 0.469 e. The molecule has 0 saturated carbocycles. The highest BCUT2D eigenvalue weighted by molar-refractivity contribution is 5.68. The van der Waals surface area contributed by atoms with Gasteiger partial charge in [0, 0.05) is 19.6 Å². The Bertz CT molecular complexity index is 212. The molecule has 0 radical (unpaired) electrons. The van der Waals surface area contributed by atoms with E-state index in [-0.39, 0.29) is 12.3 Å². The molecular weight excluding hydrogens is 232 g/mol. The van der Waals surface area contributed by atoms with E-state index in [1.165, 1.54) is 20.0 Å². The highest BCUT2D eigenvalue weighted by Crippen LogP contribution is 2.14. The van der Waals surface area contributed by atoms with Crippen molar-refractivity contribution >= 4 is 5.97 Å². The summed E-state index contributed by atoms with van der Waals surface area (Å²) in [6.45, 7) is 1.64. The van der Waals surface area contributed by atoms with Crippen LogP contribution in [0.3, 0.4) is 0 Å². The average molecular weight is 258 g/mol. The van der Waals surface area contributed by atoms with Crippen LogP contribution in [0.4, 0.5) is 0 Å². The van der Waals surface area contributed by atoms with E-state index in [1.807, 2.05) is 0 Å². The van der Waals surface area contributed by atoms with Crippen molar-refractivity contribution < 1.29 is 19.0 Å². The fourth-order valence-electron chi connectivity index (χ4n) is 2.06. The molecule has 1 aliphatic rings. The Morgan fingerprint density at radius 3 is 2.67 bits per heavy atom. The number of hydrogen-bond acceptors (Lipinski definition) is 4. The van der Waals surface area contributed by atoms with E-state index in [2.05, 4.69) is 4.74 Å². The summed E-state index contributed by atoms with van der Waals surface area (Å²) >= 11 is 0. The number of rotatable bonds is 9. The van der Waals surface area contributed by atoms with E-state index < -0.39 is 0 Å². The first-order chi connectivity index (χ1) is 8.83. The normalized spacial score (nSPS) is 19.7.